The van der Waals surface area contributed by atoms with E-state index in [-0.39, 0.29) is 6.10 Å². The molecule has 0 radical (unpaired) electrons. The van der Waals surface area contributed by atoms with Gasteiger partial charge in [-0.3, -0.25) is 0 Å². The van der Waals surface area contributed by atoms with E-state index >= 15 is 0 Å². The zero-order valence-electron chi connectivity index (χ0n) is 8.02. The molecular weight excluding hydrogens is 194 g/mol. The summed E-state index contributed by atoms with van der Waals surface area (Å²) in [5, 5.41) is 13.1. The van der Waals surface area contributed by atoms with Crippen LogP contribution in [-0.2, 0) is 5.75 Å². The van der Waals surface area contributed by atoms with Gasteiger partial charge in [-0.05, 0) is 5.56 Å². The molecule has 0 saturated carbocycles. The van der Waals surface area contributed by atoms with Crippen LogP contribution in [0.1, 0.15) is 5.56 Å². The molecule has 0 amide bonds. The fourth-order valence-electron chi connectivity index (χ4n) is 1.59. The van der Waals surface area contributed by atoms with Crippen molar-refractivity contribution in [3.05, 3.63) is 35.9 Å². The molecule has 2 nitrogen and oxygen atoms in total. The monoisotopic (exact) mass is 209 g/mol. The largest absolute Gasteiger partial charge is 0.391 e. The van der Waals surface area contributed by atoms with E-state index in [1.165, 1.54) is 5.56 Å². The molecule has 0 aliphatic carbocycles. The second-order valence-corrected chi connectivity index (χ2v) is 4.79. The van der Waals surface area contributed by atoms with E-state index in [1.54, 1.807) is 0 Å². The third-order valence-electron chi connectivity index (χ3n) is 2.44. The van der Waals surface area contributed by atoms with Gasteiger partial charge in [0.1, 0.15) is 0 Å². The molecule has 0 unspecified atom stereocenters. The van der Waals surface area contributed by atoms with Crippen LogP contribution >= 0.6 is 11.8 Å². The summed E-state index contributed by atoms with van der Waals surface area (Å²) in [6.45, 7) is 1.67. The number of nitrogens with one attached hydrogen (secondary N) is 1. The Balaban J connectivity index is 1.82. The van der Waals surface area contributed by atoms with Gasteiger partial charge in [0, 0.05) is 24.1 Å². The SMILES string of the molecule is O[C@@H]1CNC[C@H]1SCc1ccccc1. The van der Waals surface area contributed by atoms with Gasteiger partial charge in [-0.2, -0.15) is 0 Å². The summed E-state index contributed by atoms with van der Waals surface area (Å²) < 4.78 is 0. The maximum atomic E-state index is 9.58. The van der Waals surface area contributed by atoms with Crippen LogP contribution in [0.5, 0.6) is 0 Å². The number of aliphatic hydroxyl groups excluding tert-OH is 1. The van der Waals surface area contributed by atoms with E-state index in [0.29, 0.717) is 5.25 Å². The van der Waals surface area contributed by atoms with Crippen LogP contribution in [0, 0.1) is 0 Å². The zero-order valence-corrected chi connectivity index (χ0v) is 8.83. The minimum Gasteiger partial charge on any atom is -0.391 e. The lowest BCUT2D eigenvalue weighted by atomic mass is 10.2. The van der Waals surface area contributed by atoms with Crippen molar-refractivity contribution in [2.24, 2.45) is 0 Å². The lowest BCUT2D eigenvalue weighted by molar-refractivity contribution is 0.201. The molecule has 1 heterocycles. The quantitative estimate of drug-likeness (QED) is 0.786. The summed E-state index contributed by atoms with van der Waals surface area (Å²) in [6.07, 6.45) is -0.177. The Labute approximate surface area is 88.7 Å². The molecule has 76 valence electrons. The molecule has 2 rings (SSSR count). The van der Waals surface area contributed by atoms with Crippen molar-refractivity contribution in [3.8, 4) is 0 Å². The van der Waals surface area contributed by atoms with Crippen molar-refractivity contribution in [1.29, 1.82) is 0 Å². The van der Waals surface area contributed by atoms with Gasteiger partial charge in [0.15, 0.2) is 0 Å². The third kappa shape index (κ3) is 2.50. The summed E-state index contributed by atoms with van der Waals surface area (Å²) >= 11 is 1.83. The molecule has 0 spiro atoms. The smallest absolute Gasteiger partial charge is 0.0795 e. The molecule has 2 N–H and O–H groups in total. The van der Waals surface area contributed by atoms with Crippen LogP contribution in [0.2, 0.25) is 0 Å². The van der Waals surface area contributed by atoms with Crippen LogP contribution in [0.25, 0.3) is 0 Å². The molecule has 1 saturated heterocycles. The standard InChI is InChI=1S/C11H15NOS/c13-10-6-12-7-11(10)14-8-9-4-2-1-3-5-9/h1-5,10-13H,6-8H2/t10-,11-/m1/s1. The lowest BCUT2D eigenvalue weighted by Gasteiger charge is -2.12. The van der Waals surface area contributed by atoms with E-state index in [4.69, 9.17) is 0 Å². The van der Waals surface area contributed by atoms with Gasteiger partial charge in [-0.25, -0.2) is 0 Å². The van der Waals surface area contributed by atoms with Gasteiger partial charge in [0.05, 0.1) is 6.10 Å². The average Bonchev–Trinajstić information content (AvgIpc) is 2.63. The molecule has 1 aliphatic rings. The summed E-state index contributed by atoms with van der Waals surface area (Å²) in [5.41, 5.74) is 1.33. The summed E-state index contributed by atoms with van der Waals surface area (Å²) in [5.74, 6) is 0.990. The van der Waals surface area contributed by atoms with Crippen LogP contribution in [0.3, 0.4) is 0 Å². The highest BCUT2D eigenvalue weighted by Gasteiger charge is 2.24. The highest BCUT2D eigenvalue weighted by molar-refractivity contribution is 7.99. The number of rotatable bonds is 3. The molecule has 0 bridgehead atoms. The van der Waals surface area contributed by atoms with Crippen molar-refractivity contribution in [2.75, 3.05) is 13.1 Å². The zero-order chi connectivity index (χ0) is 9.80. The Morgan fingerprint density at radius 2 is 2.07 bits per heavy atom. The molecule has 14 heavy (non-hydrogen) atoms. The minimum absolute atomic E-state index is 0.177. The lowest BCUT2D eigenvalue weighted by Crippen LogP contribution is -2.20. The second kappa shape index (κ2) is 4.82. The average molecular weight is 209 g/mol. The Kier molecular flexibility index (Phi) is 3.45. The molecule has 1 aromatic rings. The normalized spacial score (nSPS) is 26.6. The first-order chi connectivity index (χ1) is 6.86. The number of benzene rings is 1. The van der Waals surface area contributed by atoms with Crippen LogP contribution in [0.4, 0.5) is 0 Å². The van der Waals surface area contributed by atoms with Crippen molar-refractivity contribution in [2.45, 2.75) is 17.1 Å². The van der Waals surface area contributed by atoms with E-state index in [1.807, 2.05) is 17.8 Å². The Morgan fingerprint density at radius 3 is 2.71 bits per heavy atom. The number of thioether (sulfide) groups is 1. The summed E-state index contributed by atoms with van der Waals surface area (Å²) in [4.78, 5) is 0. The first-order valence-corrected chi connectivity index (χ1v) is 5.95. The Hall–Kier alpha value is -0.510. The topological polar surface area (TPSA) is 32.3 Å². The van der Waals surface area contributed by atoms with Gasteiger partial charge in [0.25, 0.3) is 0 Å². The van der Waals surface area contributed by atoms with Gasteiger partial charge in [-0.1, -0.05) is 30.3 Å². The van der Waals surface area contributed by atoms with Crippen molar-refractivity contribution in [3.63, 3.8) is 0 Å². The van der Waals surface area contributed by atoms with Crippen molar-refractivity contribution >= 4 is 11.8 Å². The highest BCUT2D eigenvalue weighted by Crippen LogP contribution is 2.22. The number of hydrogen-bond donors (Lipinski definition) is 2. The van der Waals surface area contributed by atoms with Crippen molar-refractivity contribution < 1.29 is 5.11 Å². The van der Waals surface area contributed by atoms with Gasteiger partial charge in [0.2, 0.25) is 0 Å². The minimum atomic E-state index is -0.177. The molecular formula is C11H15NOS. The maximum absolute atomic E-state index is 9.58. The van der Waals surface area contributed by atoms with Crippen LogP contribution < -0.4 is 5.32 Å². The van der Waals surface area contributed by atoms with E-state index in [0.717, 1.165) is 18.8 Å². The van der Waals surface area contributed by atoms with E-state index < -0.39 is 0 Å². The van der Waals surface area contributed by atoms with Crippen LogP contribution in [0.15, 0.2) is 30.3 Å². The predicted molar refractivity (Wildman–Crippen MR) is 60.4 cm³/mol. The molecule has 2 atom stereocenters. The predicted octanol–water partition coefficient (Wildman–Crippen LogP) is 1.25. The molecule has 3 heteroatoms. The van der Waals surface area contributed by atoms with E-state index in [9.17, 15) is 5.11 Å². The molecule has 1 aliphatic heterocycles. The van der Waals surface area contributed by atoms with Gasteiger partial charge in [-0.15, -0.1) is 11.8 Å². The first kappa shape index (κ1) is 10.0. The Bertz CT molecular complexity index is 278. The molecule has 1 aromatic carbocycles. The summed E-state index contributed by atoms with van der Waals surface area (Å²) in [6, 6.07) is 10.4. The highest BCUT2D eigenvalue weighted by atomic mass is 32.2. The first-order valence-electron chi connectivity index (χ1n) is 4.90. The van der Waals surface area contributed by atoms with Crippen molar-refractivity contribution in [1.82, 2.24) is 5.32 Å². The molecule has 0 aromatic heterocycles. The summed E-state index contributed by atoms with van der Waals surface area (Å²) in [7, 11) is 0. The fourth-order valence-corrected chi connectivity index (χ4v) is 2.74. The number of aliphatic hydroxyl groups is 1. The molecule has 1 fully saturated rings. The van der Waals surface area contributed by atoms with Gasteiger partial charge >= 0.3 is 0 Å². The van der Waals surface area contributed by atoms with E-state index in [2.05, 4.69) is 29.6 Å². The van der Waals surface area contributed by atoms with Gasteiger partial charge < -0.3 is 10.4 Å². The maximum Gasteiger partial charge on any atom is 0.0795 e. The number of β-amino-alcohol motifs (C(OH)–C–C–N with tert-alkyl or cyclic N) is 1. The fraction of sp³-hybridized carbons (Fsp3) is 0.455. The third-order valence-corrected chi connectivity index (χ3v) is 3.84. The Morgan fingerprint density at radius 1 is 1.29 bits per heavy atom. The number of hydrogen-bond acceptors (Lipinski definition) is 3. The van der Waals surface area contributed by atoms with Crippen LogP contribution in [-0.4, -0.2) is 29.5 Å². The second-order valence-electron chi connectivity index (χ2n) is 3.56.